The fourth-order valence-electron chi connectivity index (χ4n) is 2.49. The van der Waals surface area contributed by atoms with E-state index >= 15 is 0 Å². The van der Waals surface area contributed by atoms with Crippen molar-refractivity contribution < 1.29 is 4.39 Å². The number of halogens is 2. The quantitative estimate of drug-likeness (QED) is 0.907. The molecule has 2 rings (SSSR count). The Balaban J connectivity index is 2.25. The maximum atomic E-state index is 14.2. The molecule has 21 heavy (non-hydrogen) atoms. The zero-order valence-electron chi connectivity index (χ0n) is 12.3. The lowest BCUT2D eigenvalue weighted by atomic mass is 10.0. The Kier molecular flexibility index (Phi) is 5.34. The number of nitrogens with two attached hydrogens (primary N) is 1. The average Bonchev–Trinajstić information content (AvgIpc) is 2.47. The summed E-state index contributed by atoms with van der Waals surface area (Å²) >= 11 is 5.87. The number of benzene rings is 2. The molecular formula is C17H20ClFN2. The summed E-state index contributed by atoms with van der Waals surface area (Å²) in [7, 11) is 1.95. The van der Waals surface area contributed by atoms with Gasteiger partial charge in [0.2, 0.25) is 0 Å². The summed E-state index contributed by atoms with van der Waals surface area (Å²) < 4.78 is 14.2. The molecule has 0 radical (unpaired) electrons. The second-order valence-electron chi connectivity index (χ2n) is 5.24. The van der Waals surface area contributed by atoms with Gasteiger partial charge in [-0.2, -0.15) is 0 Å². The summed E-state index contributed by atoms with van der Waals surface area (Å²) in [6.45, 7) is 3.11. The first-order valence-corrected chi connectivity index (χ1v) is 7.31. The monoisotopic (exact) mass is 306 g/mol. The lowest BCUT2D eigenvalue weighted by Crippen LogP contribution is -2.31. The maximum Gasteiger partial charge on any atom is 0.146 e. The number of nitrogens with zero attached hydrogens (tertiary/aromatic N) is 1. The molecule has 2 N–H and O–H groups in total. The second kappa shape index (κ2) is 7.03. The maximum absolute atomic E-state index is 14.2. The van der Waals surface area contributed by atoms with Crippen molar-refractivity contribution in [2.45, 2.75) is 19.5 Å². The first-order valence-electron chi connectivity index (χ1n) is 6.93. The molecule has 0 spiro atoms. The third kappa shape index (κ3) is 3.62. The van der Waals surface area contributed by atoms with E-state index in [1.54, 1.807) is 18.2 Å². The third-order valence-corrected chi connectivity index (χ3v) is 4.07. The van der Waals surface area contributed by atoms with Gasteiger partial charge >= 0.3 is 0 Å². The second-order valence-corrected chi connectivity index (χ2v) is 5.64. The van der Waals surface area contributed by atoms with Crippen molar-refractivity contribution in [1.82, 2.24) is 4.90 Å². The molecule has 0 aromatic heterocycles. The summed E-state index contributed by atoms with van der Waals surface area (Å²) in [6, 6.07) is 13.0. The van der Waals surface area contributed by atoms with Crippen molar-refractivity contribution in [2.24, 2.45) is 5.73 Å². The molecule has 2 aromatic carbocycles. The zero-order valence-corrected chi connectivity index (χ0v) is 13.1. The van der Waals surface area contributed by atoms with Crippen molar-refractivity contribution in [3.05, 3.63) is 70.0 Å². The average molecular weight is 307 g/mol. The molecule has 1 atom stereocenters. The highest BCUT2D eigenvalue weighted by atomic mass is 35.5. The van der Waals surface area contributed by atoms with Gasteiger partial charge in [-0.3, -0.25) is 4.90 Å². The Morgan fingerprint density at radius 3 is 2.57 bits per heavy atom. The van der Waals surface area contributed by atoms with Crippen molar-refractivity contribution >= 4 is 11.6 Å². The fourth-order valence-corrected chi connectivity index (χ4v) is 2.67. The molecule has 4 heteroatoms. The van der Waals surface area contributed by atoms with Crippen LogP contribution >= 0.6 is 11.6 Å². The van der Waals surface area contributed by atoms with Crippen LogP contribution in [-0.4, -0.2) is 18.5 Å². The van der Waals surface area contributed by atoms with Gasteiger partial charge < -0.3 is 5.73 Å². The van der Waals surface area contributed by atoms with Crippen molar-refractivity contribution in [3.63, 3.8) is 0 Å². The number of hydrogen-bond acceptors (Lipinski definition) is 2. The Labute approximate surface area is 130 Å². The molecule has 0 fully saturated rings. The Hall–Kier alpha value is -1.42. The van der Waals surface area contributed by atoms with E-state index in [0.29, 0.717) is 18.7 Å². The molecule has 0 amide bonds. The largest absolute Gasteiger partial charge is 0.329 e. The normalized spacial score (nSPS) is 12.7. The molecule has 112 valence electrons. The van der Waals surface area contributed by atoms with Crippen molar-refractivity contribution in [2.75, 3.05) is 13.6 Å². The minimum Gasteiger partial charge on any atom is -0.329 e. The summed E-state index contributed by atoms with van der Waals surface area (Å²) in [5, 5.41) is 0.134. The summed E-state index contributed by atoms with van der Waals surface area (Å²) in [5.41, 5.74) is 8.83. The van der Waals surface area contributed by atoms with E-state index in [9.17, 15) is 4.39 Å². The van der Waals surface area contributed by atoms with Crippen LogP contribution in [0.4, 0.5) is 4.39 Å². The smallest absolute Gasteiger partial charge is 0.146 e. The van der Waals surface area contributed by atoms with Gasteiger partial charge in [0.25, 0.3) is 0 Å². The van der Waals surface area contributed by atoms with Gasteiger partial charge in [0.05, 0.1) is 5.02 Å². The van der Waals surface area contributed by atoms with Gasteiger partial charge in [0.1, 0.15) is 5.82 Å². The van der Waals surface area contributed by atoms with Crippen LogP contribution in [0, 0.1) is 12.7 Å². The minimum atomic E-state index is -0.383. The molecule has 0 heterocycles. The van der Waals surface area contributed by atoms with E-state index in [-0.39, 0.29) is 16.9 Å². The van der Waals surface area contributed by atoms with Gasteiger partial charge in [-0.1, -0.05) is 48.0 Å². The van der Waals surface area contributed by atoms with E-state index in [0.717, 1.165) is 0 Å². The molecule has 2 aromatic rings. The predicted octanol–water partition coefficient (Wildman–Crippen LogP) is 3.92. The van der Waals surface area contributed by atoms with Crippen LogP contribution in [0.15, 0.2) is 42.5 Å². The van der Waals surface area contributed by atoms with Crippen LogP contribution < -0.4 is 5.73 Å². The molecule has 1 unspecified atom stereocenters. The van der Waals surface area contributed by atoms with Crippen molar-refractivity contribution in [1.29, 1.82) is 0 Å². The van der Waals surface area contributed by atoms with Crippen LogP contribution in [0.2, 0.25) is 5.02 Å². The van der Waals surface area contributed by atoms with Gasteiger partial charge in [-0.15, -0.1) is 0 Å². The van der Waals surface area contributed by atoms with Crippen LogP contribution in [0.5, 0.6) is 0 Å². The minimum absolute atomic E-state index is 0.134. The Morgan fingerprint density at radius 2 is 1.90 bits per heavy atom. The van der Waals surface area contributed by atoms with E-state index in [2.05, 4.69) is 24.0 Å². The van der Waals surface area contributed by atoms with Crippen LogP contribution in [0.1, 0.15) is 22.7 Å². The molecule has 2 nitrogen and oxygen atoms in total. The van der Waals surface area contributed by atoms with Gasteiger partial charge in [0, 0.05) is 24.7 Å². The zero-order chi connectivity index (χ0) is 15.4. The molecule has 0 aliphatic carbocycles. The standard InChI is InChI=1S/C17H20ClFN2/c1-12-6-3-4-7-13(12)11-21(2)16(10-20)14-8-5-9-15(18)17(14)19/h3-9,16H,10-11,20H2,1-2H3. The van der Waals surface area contributed by atoms with E-state index in [1.165, 1.54) is 11.1 Å². The van der Waals surface area contributed by atoms with Crippen LogP contribution in [0.3, 0.4) is 0 Å². The molecular weight excluding hydrogens is 287 g/mol. The summed E-state index contributed by atoms with van der Waals surface area (Å²) in [4.78, 5) is 2.05. The van der Waals surface area contributed by atoms with E-state index in [4.69, 9.17) is 17.3 Å². The summed E-state index contributed by atoms with van der Waals surface area (Å²) in [6.07, 6.45) is 0. The highest BCUT2D eigenvalue weighted by Gasteiger charge is 2.20. The Morgan fingerprint density at radius 1 is 1.19 bits per heavy atom. The highest BCUT2D eigenvalue weighted by Crippen LogP contribution is 2.27. The highest BCUT2D eigenvalue weighted by molar-refractivity contribution is 6.30. The molecule has 0 bridgehead atoms. The van der Waals surface area contributed by atoms with E-state index in [1.807, 2.05) is 19.2 Å². The Bertz CT molecular complexity index is 615. The number of aryl methyl sites for hydroxylation is 1. The van der Waals surface area contributed by atoms with Gasteiger partial charge in [0.15, 0.2) is 0 Å². The lowest BCUT2D eigenvalue weighted by Gasteiger charge is -2.28. The fraction of sp³-hybridized carbons (Fsp3) is 0.294. The third-order valence-electron chi connectivity index (χ3n) is 3.78. The van der Waals surface area contributed by atoms with Gasteiger partial charge in [-0.25, -0.2) is 4.39 Å². The number of hydrogen-bond donors (Lipinski definition) is 1. The molecule has 0 saturated heterocycles. The first-order chi connectivity index (χ1) is 10.0. The first kappa shape index (κ1) is 16.0. The van der Waals surface area contributed by atoms with Crippen LogP contribution in [-0.2, 0) is 6.54 Å². The van der Waals surface area contributed by atoms with Crippen molar-refractivity contribution in [3.8, 4) is 0 Å². The van der Waals surface area contributed by atoms with E-state index < -0.39 is 0 Å². The summed E-state index contributed by atoms with van der Waals surface area (Å²) in [5.74, 6) is -0.383. The van der Waals surface area contributed by atoms with Gasteiger partial charge in [-0.05, 0) is 31.2 Å². The van der Waals surface area contributed by atoms with Crippen LogP contribution in [0.25, 0.3) is 0 Å². The molecule has 0 aliphatic rings. The number of likely N-dealkylation sites (N-methyl/N-ethyl adjacent to an activating group) is 1. The molecule has 0 saturated carbocycles. The number of rotatable bonds is 5. The predicted molar refractivity (Wildman–Crippen MR) is 85.9 cm³/mol. The molecule has 0 aliphatic heterocycles. The topological polar surface area (TPSA) is 29.3 Å². The lowest BCUT2D eigenvalue weighted by molar-refractivity contribution is 0.236. The SMILES string of the molecule is Cc1ccccc1CN(C)C(CN)c1cccc(Cl)c1F.